The van der Waals surface area contributed by atoms with Gasteiger partial charge in [0.2, 0.25) is 0 Å². The van der Waals surface area contributed by atoms with Gasteiger partial charge in [-0.05, 0) is 24.6 Å². The molecule has 0 aliphatic rings. The molecule has 1 nitrogen and oxygen atoms in total. The van der Waals surface area contributed by atoms with Crippen LogP contribution in [-0.2, 0) is 0 Å². The van der Waals surface area contributed by atoms with Crippen molar-refractivity contribution >= 4 is 5.52 Å². The van der Waals surface area contributed by atoms with Crippen LogP contribution < -0.4 is 0 Å². The number of aryl methyl sites for hydroxylation is 1. The van der Waals surface area contributed by atoms with Gasteiger partial charge in [-0.25, -0.2) is 0 Å². The Kier molecular flexibility index (Phi) is 1.04. The molecular weight excluding hydrogens is 122 g/mol. The summed E-state index contributed by atoms with van der Waals surface area (Å²) >= 11 is 0. The molecular formula is C9H8N. The van der Waals surface area contributed by atoms with Gasteiger partial charge in [-0.15, -0.1) is 0 Å². The minimum atomic E-state index is 1.14. The molecule has 0 spiro atoms. The minimum absolute atomic E-state index is 1.14. The summed E-state index contributed by atoms with van der Waals surface area (Å²) in [4.78, 5) is 0. The highest BCUT2D eigenvalue weighted by molar-refractivity contribution is 5.48. The Bertz CT molecular complexity index is 313. The van der Waals surface area contributed by atoms with Crippen molar-refractivity contribution in [3.05, 3.63) is 42.2 Å². The Morgan fingerprint density at radius 3 is 3.10 bits per heavy atom. The molecule has 2 rings (SSSR count). The number of aromatic nitrogens is 1. The first-order valence-corrected chi connectivity index (χ1v) is 3.32. The molecule has 0 bridgehead atoms. The van der Waals surface area contributed by atoms with Crippen molar-refractivity contribution in [3.8, 4) is 0 Å². The second kappa shape index (κ2) is 1.87. The maximum absolute atomic E-state index is 3.22. The Hall–Kier alpha value is -1.24. The zero-order valence-electron chi connectivity index (χ0n) is 5.83. The van der Waals surface area contributed by atoms with E-state index in [2.05, 4.69) is 16.7 Å². The van der Waals surface area contributed by atoms with Gasteiger partial charge >= 0.3 is 0 Å². The van der Waals surface area contributed by atoms with Gasteiger partial charge in [-0.1, -0.05) is 6.07 Å². The number of rotatable bonds is 0. The van der Waals surface area contributed by atoms with Crippen LogP contribution in [0.4, 0.5) is 0 Å². The maximum atomic E-state index is 3.22. The van der Waals surface area contributed by atoms with E-state index < -0.39 is 0 Å². The van der Waals surface area contributed by atoms with E-state index in [9.17, 15) is 0 Å². The molecule has 2 aromatic rings. The lowest BCUT2D eigenvalue weighted by atomic mass is 10.3. The molecule has 0 amide bonds. The summed E-state index contributed by atoms with van der Waals surface area (Å²) in [5.74, 6) is 0. The first-order chi connectivity index (χ1) is 4.86. The van der Waals surface area contributed by atoms with Crippen molar-refractivity contribution in [2.75, 3.05) is 0 Å². The van der Waals surface area contributed by atoms with Gasteiger partial charge in [0.25, 0.3) is 0 Å². The number of nitrogens with zero attached hydrogens (tertiary/aromatic N) is 1. The van der Waals surface area contributed by atoms with E-state index in [1.807, 2.05) is 31.3 Å². The van der Waals surface area contributed by atoms with Crippen molar-refractivity contribution in [2.24, 2.45) is 0 Å². The predicted molar refractivity (Wildman–Crippen MR) is 41.0 cm³/mol. The van der Waals surface area contributed by atoms with Crippen LogP contribution in [-0.4, -0.2) is 4.40 Å². The fourth-order valence-corrected chi connectivity index (χ4v) is 1.12. The predicted octanol–water partition coefficient (Wildman–Crippen LogP) is 2.05. The van der Waals surface area contributed by atoms with Crippen molar-refractivity contribution in [1.82, 2.24) is 4.40 Å². The molecule has 0 saturated carbocycles. The van der Waals surface area contributed by atoms with Crippen LogP contribution in [0.1, 0.15) is 5.56 Å². The zero-order valence-corrected chi connectivity index (χ0v) is 5.83. The van der Waals surface area contributed by atoms with E-state index in [0.717, 1.165) is 5.52 Å². The zero-order chi connectivity index (χ0) is 6.97. The standard InChI is InChI=1S/C9H8N/c1-8-6-9-4-2-3-5-10(9)7-8/h2-5,7H,1H3. The Morgan fingerprint density at radius 2 is 2.30 bits per heavy atom. The summed E-state index contributed by atoms with van der Waals surface area (Å²) < 4.78 is 2.06. The van der Waals surface area contributed by atoms with Crippen LogP contribution in [0.2, 0.25) is 0 Å². The van der Waals surface area contributed by atoms with E-state index >= 15 is 0 Å². The summed E-state index contributed by atoms with van der Waals surface area (Å²) in [5.41, 5.74) is 2.33. The highest BCUT2D eigenvalue weighted by Crippen LogP contribution is 2.06. The van der Waals surface area contributed by atoms with Gasteiger partial charge in [0, 0.05) is 18.5 Å². The molecule has 0 saturated heterocycles. The van der Waals surface area contributed by atoms with Crippen LogP contribution in [0.25, 0.3) is 5.52 Å². The Labute approximate surface area is 59.9 Å². The van der Waals surface area contributed by atoms with Crippen LogP contribution >= 0.6 is 0 Å². The molecule has 0 atom stereocenters. The summed E-state index contributed by atoms with van der Waals surface area (Å²) in [6, 6.07) is 9.30. The fraction of sp³-hybridized carbons (Fsp3) is 0.111. The van der Waals surface area contributed by atoms with Crippen molar-refractivity contribution < 1.29 is 0 Å². The van der Waals surface area contributed by atoms with Gasteiger partial charge in [0.1, 0.15) is 0 Å². The molecule has 0 aliphatic heterocycles. The summed E-state index contributed by atoms with van der Waals surface area (Å²) in [6.45, 7) is 2.05. The molecule has 0 aromatic carbocycles. The topological polar surface area (TPSA) is 4.41 Å². The molecule has 0 fully saturated rings. The molecule has 49 valence electrons. The Balaban J connectivity index is 2.88. The van der Waals surface area contributed by atoms with Gasteiger partial charge in [-0.3, -0.25) is 0 Å². The molecule has 0 N–H and O–H groups in total. The second-order valence-corrected chi connectivity index (χ2v) is 2.43. The third-order valence-electron chi connectivity index (χ3n) is 1.55. The van der Waals surface area contributed by atoms with Crippen molar-refractivity contribution in [3.63, 3.8) is 0 Å². The average Bonchev–Trinajstić information content (AvgIpc) is 2.27. The SMILES string of the molecule is Cc1[c]c2ccccn2c1. The Morgan fingerprint density at radius 1 is 1.40 bits per heavy atom. The molecule has 1 heteroatoms. The smallest absolute Gasteiger partial charge is 0.0531 e. The molecule has 0 unspecified atom stereocenters. The van der Waals surface area contributed by atoms with Gasteiger partial charge in [0.05, 0.1) is 5.52 Å². The van der Waals surface area contributed by atoms with Gasteiger partial charge < -0.3 is 4.40 Å². The fourth-order valence-electron chi connectivity index (χ4n) is 1.12. The van der Waals surface area contributed by atoms with Crippen molar-refractivity contribution in [2.45, 2.75) is 6.92 Å². The summed E-state index contributed by atoms with van der Waals surface area (Å²) in [6.07, 6.45) is 4.09. The minimum Gasteiger partial charge on any atom is -0.323 e. The highest BCUT2D eigenvalue weighted by atomic mass is 14.8. The summed E-state index contributed by atoms with van der Waals surface area (Å²) in [5, 5.41) is 0. The van der Waals surface area contributed by atoms with E-state index in [1.165, 1.54) is 5.56 Å². The maximum Gasteiger partial charge on any atom is 0.0531 e. The summed E-state index contributed by atoms with van der Waals surface area (Å²) in [7, 11) is 0. The molecule has 2 aromatic heterocycles. The third-order valence-corrected chi connectivity index (χ3v) is 1.55. The van der Waals surface area contributed by atoms with Crippen molar-refractivity contribution in [1.29, 1.82) is 0 Å². The quantitative estimate of drug-likeness (QED) is 0.514. The van der Waals surface area contributed by atoms with E-state index in [4.69, 9.17) is 0 Å². The largest absolute Gasteiger partial charge is 0.323 e. The first kappa shape index (κ1) is 5.54. The second-order valence-electron chi connectivity index (χ2n) is 2.43. The molecule has 10 heavy (non-hydrogen) atoms. The van der Waals surface area contributed by atoms with Gasteiger partial charge in [-0.2, -0.15) is 0 Å². The van der Waals surface area contributed by atoms with Crippen LogP contribution in [0, 0.1) is 13.0 Å². The number of pyridine rings is 1. The van der Waals surface area contributed by atoms with Gasteiger partial charge in [0.15, 0.2) is 0 Å². The lowest BCUT2D eigenvalue weighted by molar-refractivity contribution is 1.19. The highest BCUT2D eigenvalue weighted by Gasteiger charge is 1.91. The molecule has 2 heterocycles. The lowest BCUT2D eigenvalue weighted by Gasteiger charge is -1.88. The van der Waals surface area contributed by atoms with E-state index in [-0.39, 0.29) is 0 Å². The number of hydrogen-bond acceptors (Lipinski definition) is 0. The molecule has 0 aliphatic carbocycles. The van der Waals surface area contributed by atoms with Crippen LogP contribution in [0.3, 0.4) is 0 Å². The monoisotopic (exact) mass is 130 g/mol. The average molecular weight is 130 g/mol. The number of fused-ring (bicyclic) bond motifs is 1. The molecule has 1 radical (unpaired) electrons. The first-order valence-electron chi connectivity index (χ1n) is 3.32. The third kappa shape index (κ3) is 0.711. The van der Waals surface area contributed by atoms with Crippen LogP contribution in [0.5, 0.6) is 0 Å². The normalized spacial score (nSPS) is 10.5. The lowest BCUT2D eigenvalue weighted by Crippen LogP contribution is -1.76. The van der Waals surface area contributed by atoms with Crippen LogP contribution in [0.15, 0.2) is 30.6 Å². The van der Waals surface area contributed by atoms with E-state index in [0.29, 0.717) is 0 Å². The van der Waals surface area contributed by atoms with E-state index in [1.54, 1.807) is 0 Å². The number of hydrogen-bond donors (Lipinski definition) is 0.